The first-order chi connectivity index (χ1) is 9.28. The number of hydrogen-bond donors (Lipinski definition) is 1. The highest BCUT2D eigenvalue weighted by atomic mass is 32.2. The highest BCUT2D eigenvalue weighted by molar-refractivity contribution is 7.88. The Morgan fingerprint density at radius 1 is 1.45 bits per heavy atom. The van der Waals surface area contributed by atoms with Crippen LogP contribution in [0.1, 0.15) is 12.8 Å². The topological polar surface area (TPSA) is 110 Å². The maximum Gasteiger partial charge on any atom is 0.406 e. The van der Waals surface area contributed by atoms with Crippen molar-refractivity contribution < 1.29 is 13.3 Å². The van der Waals surface area contributed by atoms with Gasteiger partial charge in [0.25, 0.3) is 0 Å². The van der Waals surface area contributed by atoms with Crippen molar-refractivity contribution >= 4 is 21.7 Å². The molecule has 10 heteroatoms. The van der Waals surface area contributed by atoms with Crippen LogP contribution in [0.3, 0.4) is 0 Å². The van der Waals surface area contributed by atoms with Crippen molar-refractivity contribution in [2.24, 2.45) is 7.05 Å². The third-order valence-electron chi connectivity index (χ3n) is 3.24. The maximum absolute atomic E-state index is 11.2. The molecule has 0 aliphatic carbocycles. The van der Waals surface area contributed by atoms with E-state index in [0.717, 1.165) is 6.26 Å². The summed E-state index contributed by atoms with van der Waals surface area (Å²) in [6.45, 7) is 1.10. The van der Waals surface area contributed by atoms with Crippen LogP contribution in [0.25, 0.3) is 0 Å². The van der Waals surface area contributed by atoms with Crippen LogP contribution in [0, 0.1) is 10.1 Å². The molecule has 9 nitrogen and oxygen atoms in total. The molecule has 0 radical (unpaired) electrons. The fourth-order valence-electron chi connectivity index (χ4n) is 2.42. The van der Waals surface area contributed by atoms with Crippen LogP contribution in [0.4, 0.5) is 11.6 Å². The smallest absolute Gasteiger partial charge is 0.358 e. The van der Waals surface area contributed by atoms with Crippen molar-refractivity contribution in [1.29, 1.82) is 0 Å². The predicted molar refractivity (Wildman–Crippen MR) is 73.1 cm³/mol. The molecule has 112 valence electrons. The number of rotatable bonds is 4. The monoisotopic (exact) mass is 303 g/mol. The molecule has 1 aliphatic rings. The zero-order valence-electron chi connectivity index (χ0n) is 11.3. The van der Waals surface area contributed by atoms with E-state index in [-0.39, 0.29) is 11.9 Å². The molecule has 0 bridgehead atoms. The summed E-state index contributed by atoms with van der Waals surface area (Å²) in [5, 5.41) is 10.9. The molecule has 1 fully saturated rings. The number of aromatic nitrogens is 2. The molecule has 1 aliphatic heterocycles. The van der Waals surface area contributed by atoms with E-state index in [0.29, 0.717) is 31.7 Å². The summed E-state index contributed by atoms with van der Waals surface area (Å²) < 4.78 is 26.5. The molecule has 0 spiro atoms. The van der Waals surface area contributed by atoms with Gasteiger partial charge >= 0.3 is 5.82 Å². The average molecular weight is 303 g/mol. The van der Waals surface area contributed by atoms with Gasteiger partial charge in [-0.2, -0.15) is 0 Å². The van der Waals surface area contributed by atoms with Crippen LogP contribution >= 0.6 is 0 Å². The van der Waals surface area contributed by atoms with E-state index in [1.807, 2.05) is 4.90 Å². The molecule has 0 saturated carbocycles. The minimum atomic E-state index is -3.22. The zero-order valence-corrected chi connectivity index (χ0v) is 12.1. The lowest BCUT2D eigenvalue weighted by atomic mass is 10.1. The number of sulfonamides is 1. The van der Waals surface area contributed by atoms with Gasteiger partial charge in [-0.3, -0.25) is 4.57 Å². The quantitative estimate of drug-likeness (QED) is 0.611. The van der Waals surface area contributed by atoms with E-state index in [2.05, 4.69) is 9.71 Å². The lowest BCUT2D eigenvalue weighted by Gasteiger charge is -2.32. The van der Waals surface area contributed by atoms with Gasteiger partial charge in [0.2, 0.25) is 22.2 Å². The van der Waals surface area contributed by atoms with Crippen LogP contribution < -0.4 is 9.62 Å². The molecular weight excluding hydrogens is 286 g/mol. The summed E-state index contributed by atoms with van der Waals surface area (Å²) in [6.07, 6.45) is 3.75. The number of piperidine rings is 1. The molecule has 2 rings (SSSR count). The minimum absolute atomic E-state index is 0.117. The van der Waals surface area contributed by atoms with Crippen molar-refractivity contribution in [3.05, 3.63) is 16.4 Å². The number of anilines is 1. The number of nitrogens with one attached hydrogen (secondary N) is 1. The summed E-state index contributed by atoms with van der Waals surface area (Å²) in [5.41, 5.74) is 0. The van der Waals surface area contributed by atoms with E-state index >= 15 is 0 Å². The highest BCUT2D eigenvalue weighted by Gasteiger charge is 2.29. The van der Waals surface area contributed by atoms with Crippen LogP contribution in [-0.2, 0) is 17.1 Å². The molecular formula is C10H17N5O4S. The van der Waals surface area contributed by atoms with Crippen molar-refractivity contribution in [1.82, 2.24) is 14.3 Å². The van der Waals surface area contributed by atoms with E-state index in [1.165, 1.54) is 6.33 Å². The molecule has 0 atom stereocenters. The Morgan fingerprint density at radius 3 is 2.55 bits per heavy atom. The Hall–Kier alpha value is -1.68. The summed E-state index contributed by atoms with van der Waals surface area (Å²) >= 11 is 0. The minimum Gasteiger partial charge on any atom is -0.358 e. The molecule has 0 unspecified atom stereocenters. The first kappa shape index (κ1) is 14.7. The second kappa shape index (κ2) is 5.37. The van der Waals surface area contributed by atoms with Crippen LogP contribution in [0.2, 0.25) is 0 Å². The van der Waals surface area contributed by atoms with Crippen LogP contribution in [0.15, 0.2) is 6.33 Å². The lowest BCUT2D eigenvalue weighted by molar-refractivity contribution is -0.388. The van der Waals surface area contributed by atoms with E-state index in [4.69, 9.17) is 0 Å². The first-order valence-corrected chi connectivity index (χ1v) is 8.05. The Kier molecular flexibility index (Phi) is 3.95. The normalized spacial score (nSPS) is 17.4. The lowest BCUT2D eigenvalue weighted by Crippen LogP contribution is -2.44. The first-order valence-electron chi connectivity index (χ1n) is 6.16. The Labute approximate surface area is 116 Å². The third kappa shape index (κ3) is 3.25. The van der Waals surface area contributed by atoms with Gasteiger partial charge in [0, 0.05) is 26.2 Å². The van der Waals surface area contributed by atoms with Gasteiger partial charge < -0.3 is 15.0 Å². The average Bonchev–Trinajstić information content (AvgIpc) is 2.70. The molecule has 0 amide bonds. The third-order valence-corrected chi connectivity index (χ3v) is 4.00. The van der Waals surface area contributed by atoms with Crippen molar-refractivity contribution in [2.75, 3.05) is 24.2 Å². The molecule has 1 saturated heterocycles. The van der Waals surface area contributed by atoms with Gasteiger partial charge in [-0.1, -0.05) is 0 Å². The second-order valence-electron chi connectivity index (χ2n) is 4.91. The number of imidazole rings is 1. The fourth-order valence-corrected chi connectivity index (χ4v) is 3.26. The summed E-state index contributed by atoms with van der Waals surface area (Å²) in [6, 6.07) is -0.117. The molecule has 1 aromatic heterocycles. The Balaban J connectivity index is 2.08. The van der Waals surface area contributed by atoms with Crippen LogP contribution in [0.5, 0.6) is 0 Å². The second-order valence-corrected chi connectivity index (χ2v) is 6.69. The standard InChI is InChI=1S/C10H17N5O4S/c1-13-7-11-9(15(16)17)10(13)14-5-3-8(4-6-14)12-20(2,18)19/h7-8,12H,3-6H2,1-2H3. The molecule has 1 N–H and O–H groups in total. The van der Waals surface area contributed by atoms with Crippen molar-refractivity contribution in [2.45, 2.75) is 18.9 Å². The number of nitro groups is 1. The molecule has 1 aromatic rings. The van der Waals surface area contributed by atoms with Gasteiger partial charge in [0.15, 0.2) is 0 Å². The van der Waals surface area contributed by atoms with Crippen molar-refractivity contribution in [3.8, 4) is 0 Å². The van der Waals surface area contributed by atoms with Gasteiger partial charge in [-0.05, 0) is 22.7 Å². The molecule has 20 heavy (non-hydrogen) atoms. The number of aryl methyl sites for hydroxylation is 1. The van der Waals surface area contributed by atoms with E-state index in [9.17, 15) is 18.5 Å². The highest BCUT2D eigenvalue weighted by Crippen LogP contribution is 2.28. The van der Waals surface area contributed by atoms with Gasteiger partial charge in [-0.15, -0.1) is 0 Å². The van der Waals surface area contributed by atoms with E-state index < -0.39 is 14.9 Å². The van der Waals surface area contributed by atoms with Gasteiger partial charge in [-0.25, -0.2) is 13.1 Å². The Bertz CT molecular complexity index is 603. The summed E-state index contributed by atoms with van der Waals surface area (Å²) in [7, 11) is -1.51. The van der Waals surface area contributed by atoms with Gasteiger partial charge in [0.05, 0.1) is 6.26 Å². The zero-order chi connectivity index (χ0) is 14.9. The molecule has 0 aromatic carbocycles. The summed E-state index contributed by atoms with van der Waals surface area (Å²) in [4.78, 5) is 16.1. The number of nitrogens with zero attached hydrogens (tertiary/aromatic N) is 4. The maximum atomic E-state index is 11.2. The Morgan fingerprint density at radius 2 is 2.05 bits per heavy atom. The van der Waals surface area contributed by atoms with Crippen molar-refractivity contribution in [3.63, 3.8) is 0 Å². The van der Waals surface area contributed by atoms with Crippen LogP contribution in [-0.4, -0.2) is 48.3 Å². The summed E-state index contributed by atoms with van der Waals surface area (Å²) in [5.74, 6) is 0.301. The predicted octanol–water partition coefficient (Wildman–Crippen LogP) is -0.154. The SMILES string of the molecule is Cn1cnc([N+](=O)[O-])c1N1CCC(NS(C)(=O)=O)CC1. The largest absolute Gasteiger partial charge is 0.406 e. The fraction of sp³-hybridized carbons (Fsp3) is 0.700. The molecule has 2 heterocycles. The van der Waals surface area contributed by atoms with E-state index in [1.54, 1.807) is 11.6 Å². The number of hydrogen-bond acceptors (Lipinski definition) is 6. The van der Waals surface area contributed by atoms with Gasteiger partial charge in [0.1, 0.15) is 0 Å².